The number of carbonyl (C=O) groups is 1. The molecule has 1 aliphatic heterocycles. The second-order valence-corrected chi connectivity index (χ2v) is 5.59. The number of thiazole rings is 1. The lowest BCUT2D eigenvalue weighted by Crippen LogP contribution is -2.35. The quantitative estimate of drug-likeness (QED) is 0.890. The highest BCUT2D eigenvalue weighted by Gasteiger charge is 2.15. The molecule has 5 nitrogen and oxygen atoms in total. The zero-order valence-electron chi connectivity index (χ0n) is 10.8. The first-order chi connectivity index (χ1) is 8.65. The van der Waals surface area contributed by atoms with Crippen LogP contribution in [-0.4, -0.2) is 48.1 Å². The number of aromatic nitrogens is 1. The summed E-state index contributed by atoms with van der Waals surface area (Å²) in [6.07, 6.45) is 0. The standard InChI is InChI=1S/C12H19N3O2S/c1-9(2)13-12(16)10-8-18-11(14-10)7-15-3-5-17-6-4-15/h8-9H,3-7H2,1-2H3,(H,13,16). The molecule has 6 heteroatoms. The second kappa shape index (κ2) is 6.26. The van der Waals surface area contributed by atoms with Crippen LogP contribution in [-0.2, 0) is 11.3 Å². The van der Waals surface area contributed by atoms with E-state index in [1.807, 2.05) is 19.2 Å². The van der Waals surface area contributed by atoms with Gasteiger partial charge in [-0.25, -0.2) is 4.98 Å². The molecule has 1 amide bonds. The van der Waals surface area contributed by atoms with Crippen molar-refractivity contribution in [2.24, 2.45) is 0 Å². The van der Waals surface area contributed by atoms with Gasteiger partial charge in [0.25, 0.3) is 5.91 Å². The molecule has 18 heavy (non-hydrogen) atoms. The minimum absolute atomic E-state index is 0.0884. The fraction of sp³-hybridized carbons (Fsp3) is 0.667. The van der Waals surface area contributed by atoms with Crippen LogP contribution < -0.4 is 5.32 Å². The van der Waals surface area contributed by atoms with E-state index in [1.165, 1.54) is 0 Å². The number of carbonyl (C=O) groups excluding carboxylic acids is 1. The van der Waals surface area contributed by atoms with Crippen LogP contribution in [0.3, 0.4) is 0 Å². The van der Waals surface area contributed by atoms with Crippen molar-refractivity contribution in [1.29, 1.82) is 0 Å². The maximum Gasteiger partial charge on any atom is 0.270 e. The third kappa shape index (κ3) is 3.76. The number of rotatable bonds is 4. The van der Waals surface area contributed by atoms with Gasteiger partial charge in [-0.1, -0.05) is 0 Å². The number of nitrogens with zero attached hydrogens (tertiary/aromatic N) is 2. The summed E-state index contributed by atoms with van der Waals surface area (Å²) in [5.41, 5.74) is 0.525. The van der Waals surface area contributed by atoms with Crippen LogP contribution in [0.1, 0.15) is 29.3 Å². The van der Waals surface area contributed by atoms with Crippen LogP contribution in [0.15, 0.2) is 5.38 Å². The molecule has 1 aromatic rings. The van der Waals surface area contributed by atoms with E-state index in [2.05, 4.69) is 15.2 Å². The van der Waals surface area contributed by atoms with Crippen molar-refractivity contribution in [1.82, 2.24) is 15.2 Å². The van der Waals surface area contributed by atoms with Crippen molar-refractivity contribution in [2.75, 3.05) is 26.3 Å². The molecule has 0 atom stereocenters. The molecule has 1 fully saturated rings. The lowest BCUT2D eigenvalue weighted by molar-refractivity contribution is 0.0341. The van der Waals surface area contributed by atoms with Gasteiger partial charge < -0.3 is 10.1 Å². The highest BCUT2D eigenvalue weighted by Crippen LogP contribution is 2.13. The Morgan fingerprint density at radius 1 is 1.56 bits per heavy atom. The number of nitrogens with one attached hydrogen (secondary N) is 1. The molecule has 0 aliphatic carbocycles. The molecule has 1 aliphatic rings. The van der Waals surface area contributed by atoms with E-state index in [4.69, 9.17) is 4.74 Å². The van der Waals surface area contributed by atoms with E-state index >= 15 is 0 Å². The summed E-state index contributed by atoms with van der Waals surface area (Å²) in [7, 11) is 0. The highest BCUT2D eigenvalue weighted by molar-refractivity contribution is 7.09. The summed E-state index contributed by atoms with van der Waals surface area (Å²) in [5.74, 6) is -0.0884. The van der Waals surface area contributed by atoms with Crippen LogP contribution in [0.4, 0.5) is 0 Å². The lowest BCUT2D eigenvalue weighted by Gasteiger charge is -2.25. The molecular weight excluding hydrogens is 250 g/mol. The first kappa shape index (κ1) is 13.5. The Labute approximate surface area is 111 Å². The van der Waals surface area contributed by atoms with Crippen molar-refractivity contribution in [3.8, 4) is 0 Å². The SMILES string of the molecule is CC(C)NC(=O)c1csc(CN2CCOCC2)n1. The van der Waals surface area contributed by atoms with E-state index in [-0.39, 0.29) is 11.9 Å². The first-order valence-electron chi connectivity index (χ1n) is 6.20. The van der Waals surface area contributed by atoms with Gasteiger partial charge in [0.1, 0.15) is 10.7 Å². The van der Waals surface area contributed by atoms with Crippen molar-refractivity contribution in [3.05, 3.63) is 16.1 Å². The fourth-order valence-corrected chi connectivity index (χ4v) is 2.59. The van der Waals surface area contributed by atoms with Crippen LogP contribution in [0.25, 0.3) is 0 Å². The van der Waals surface area contributed by atoms with Gasteiger partial charge in [-0.05, 0) is 13.8 Å². The van der Waals surface area contributed by atoms with Crippen LogP contribution >= 0.6 is 11.3 Å². The smallest absolute Gasteiger partial charge is 0.270 e. The van der Waals surface area contributed by atoms with Crippen LogP contribution in [0, 0.1) is 0 Å². The lowest BCUT2D eigenvalue weighted by atomic mass is 10.3. The highest BCUT2D eigenvalue weighted by atomic mass is 32.1. The van der Waals surface area contributed by atoms with E-state index in [0.717, 1.165) is 37.9 Å². The molecule has 0 unspecified atom stereocenters. The maximum absolute atomic E-state index is 11.8. The van der Waals surface area contributed by atoms with Gasteiger partial charge in [0.05, 0.1) is 19.8 Å². The number of morpholine rings is 1. The third-order valence-corrected chi connectivity index (χ3v) is 3.50. The summed E-state index contributed by atoms with van der Waals surface area (Å²) in [6, 6.07) is 0.141. The van der Waals surface area contributed by atoms with Gasteiger partial charge in [0.15, 0.2) is 0 Å². The Hall–Kier alpha value is -0.980. The first-order valence-corrected chi connectivity index (χ1v) is 7.08. The zero-order valence-corrected chi connectivity index (χ0v) is 11.6. The molecule has 0 aromatic carbocycles. The summed E-state index contributed by atoms with van der Waals surface area (Å²) in [4.78, 5) is 18.4. The van der Waals surface area contributed by atoms with E-state index < -0.39 is 0 Å². The van der Waals surface area contributed by atoms with Crippen molar-refractivity contribution in [3.63, 3.8) is 0 Å². The molecule has 0 saturated carbocycles. The molecule has 0 radical (unpaired) electrons. The van der Waals surface area contributed by atoms with Gasteiger partial charge >= 0.3 is 0 Å². The van der Waals surface area contributed by atoms with Gasteiger partial charge in [-0.3, -0.25) is 9.69 Å². The minimum atomic E-state index is -0.0884. The van der Waals surface area contributed by atoms with Gasteiger partial charge in [0, 0.05) is 24.5 Å². The summed E-state index contributed by atoms with van der Waals surface area (Å²) >= 11 is 1.54. The van der Waals surface area contributed by atoms with Crippen LogP contribution in [0.5, 0.6) is 0 Å². The van der Waals surface area contributed by atoms with Gasteiger partial charge in [-0.2, -0.15) is 0 Å². The third-order valence-electron chi connectivity index (χ3n) is 2.67. The predicted molar refractivity (Wildman–Crippen MR) is 70.8 cm³/mol. The molecule has 1 N–H and O–H groups in total. The van der Waals surface area contributed by atoms with E-state index in [9.17, 15) is 4.79 Å². The molecule has 0 spiro atoms. The van der Waals surface area contributed by atoms with Crippen LogP contribution in [0.2, 0.25) is 0 Å². The normalized spacial score (nSPS) is 17.1. The monoisotopic (exact) mass is 269 g/mol. The maximum atomic E-state index is 11.8. The summed E-state index contributed by atoms with van der Waals surface area (Å²) in [6.45, 7) is 8.14. The Balaban J connectivity index is 1.90. The van der Waals surface area contributed by atoms with Crippen molar-refractivity contribution >= 4 is 17.2 Å². The molecule has 2 heterocycles. The van der Waals surface area contributed by atoms with Crippen molar-refractivity contribution in [2.45, 2.75) is 26.4 Å². The number of hydrogen-bond donors (Lipinski definition) is 1. The minimum Gasteiger partial charge on any atom is -0.379 e. The predicted octanol–water partition coefficient (Wildman–Crippen LogP) is 1.11. The molecule has 1 aromatic heterocycles. The Morgan fingerprint density at radius 2 is 2.28 bits per heavy atom. The molecule has 2 rings (SSSR count). The number of ether oxygens (including phenoxy) is 1. The Kier molecular flexibility index (Phi) is 4.68. The largest absolute Gasteiger partial charge is 0.379 e. The Morgan fingerprint density at radius 3 is 2.94 bits per heavy atom. The molecule has 100 valence electrons. The fourth-order valence-electron chi connectivity index (χ4n) is 1.77. The molecule has 1 saturated heterocycles. The van der Waals surface area contributed by atoms with Gasteiger partial charge in [-0.15, -0.1) is 11.3 Å². The average Bonchev–Trinajstić information content (AvgIpc) is 2.78. The second-order valence-electron chi connectivity index (χ2n) is 4.64. The van der Waals surface area contributed by atoms with E-state index in [1.54, 1.807) is 11.3 Å². The number of amides is 1. The average molecular weight is 269 g/mol. The van der Waals surface area contributed by atoms with E-state index in [0.29, 0.717) is 5.69 Å². The Bertz CT molecular complexity index is 400. The van der Waals surface area contributed by atoms with Crippen molar-refractivity contribution < 1.29 is 9.53 Å². The zero-order chi connectivity index (χ0) is 13.0. The summed E-state index contributed by atoms with van der Waals surface area (Å²) in [5, 5.41) is 5.67. The molecular formula is C12H19N3O2S. The number of hydrogen-bond acceptors (Lipinski definition) is 5. The van der Waals surface area contributed by atoms with Gasteiger partial charge in [0.2, 0.25) is 0 Å². The molecule has 0 bridgehead atoms. The summed E-state index contributed by atoms with van der Waals surface area (Å²) < 4.78 is 5.30. The topological polar surface area (TPSA) is 54.5 Å².